The molecule has 0 aliphatic carbocycles. The lowest BCUT2D eigenvalue weighted by Crippen LogP contribution is -2.13. The van der Waals surface area contributed by atoms with Crippen molar-refractivity contribution in [3.8, 4) is 0 Å². The van der Waals surface area contributed by atoms with Gasteiger partial charge in [-0.2, -0.15) is 0 Å². The summed E-state index contributed by atoms with van der Waals surface area (Å²) in [5.74, 6) is -0.356. The molecule has 0 heterocycles. The molecule has 3 heteroatoms. The molecular weight excluding hydrogens is 156 g/mol. The van der Waals surface area contributed by atoms with Gasteiger partial charge in [-0.25, -0.2) is 0 Å². The number of hydrogen-bond donors (Lipinski definition) is 1. The van der Waals surface area contributed by atoms with E-state index in [0.29, 0.717) is 6.61 Å². The second kappa shape index (κ2) is 6.85. The fraction of sp³-hybridized carbons (Fsp3) is 0.667. The SMILES string of the molecule is CC/C=C\C(O)CC(=O)OCC. The first-order chi connectivity index (χ1) is 5.70. The van der Waals surface area contributed by atoms with E-state index in [1.54, 1.807) is 13.0 Å². The Balaban J connectivity index is 3.60. The highest BCUT2D eigenvalue weighted by Crippen LogP contribution is 1.97. The Hall–Kier alpha value is -0.830. The highest BCUT2D eigenvalue weighted by atomic mass is 16.5. The van der Waals surface area contributed by atoms with Gasteiger partial charge in [0, 0.05) is 0 Å². The van der Waals surface area contributed by atoms with Crippen LogP contribution in [0.5, 0.6) is 0 Å². The summed E-state index contributed by atoms with van der Waals surface area (Å²) < 4.78 is 4.66. The molecule has 0 aromatic rings. The van der Waals surface area contributed by atoms with Gasteiger partial charge in [-0.1, -0.05) is 19.1 Å². The van der Waals surface area contributed by atoms with Crippen molar-refractivity contribution in [2.24, 2.45) is 0 Å². The summed E-state index contributed by atoms with van der Waals surface area (Å²) in [4.78, 5) is 10.8. The molecule has 0 aromatic heterocycles. The van der Waals surface area contributed by atoms with Gasteiger partial charge >= 0.3 is 5.97 Å². The van der Waals surface area contributed by atoms with Crippen LogP contribution in [0.25, 0.3) is 0 Å². The molecule has 0 radical (unpaired) electrons. The van der Waals surface area contributed by atoms with Crippen LogP contribution in [0.4, 0.5) is 0 Å². The number of allylic oxidation sites excluding steroid dienone is 1. The Kier molecular flexibility index (Phi) is 6.38. The van der Waals surface area contributed by atoms with Crippen LogP contribution in [0.1, 0.15) is 26.7 Å². The van der Waals surface area contributed by atoms with Gasteiger partial charge in [0.2, 0.25) is 0 Å². The monoisotopic (exact) mass is 172 g/mol. The topological polar surface area (TPSA) is 46.5 Å². The van der Waals surface area contributed by atoms with Crippen LogP contribution in [0.15, 0.2) is 12.2 Å². The number of rotatable bonds is 5. The Bertz CT molecular complexity index is 152. The third-order valence-corrected chi connectivity index (χ3v) is 1.28. The summed E-state index contributed by atoms with van der Waals surface area (Å²) >= 11 is 0. The van der Waals surface area contributed by atoms with Crippen molar-refractivity contribution in [2.45, 2.75) is 32.8 Å². The molecule has 12 heavy (non-hydrogen) atoms. The summed E-state index contributed by atoms with van der Waals surface area (Å²) in [6.07, 6.45) is 3.63. The number of aliphatic hydroxyl groups is 1. The lowest BCUT2D eigenvalue weighted by molar-refractivity contribution is -0.144. The zero-order chi connectivity index (χ0) is 9.40. The smallest absolute Gasteiger partial charge is 0.308 e. The van der Waals surface area contributed by atoms with Crippen LogP contribution >= 0.6 is 0 Å². The lowest BCUT2D eigenvalue weighted by atomic mass is 10.2. The van der Waals surface area contributed by atoms with Crippen molar-refractivity contribution in [1.82, 2.24) is 0 Å². The second-order valence-electron chi connectivity index (χ2n) is 2.41. The van der Waals surface area contributed by atoms with Crippen molar-refractivity contribution in [2.75, 3.05) is 6.61 Å². The van der Waals surface area contributed by atoms with E-state index in [4.69, 9.17) is 0 Å². The number of hydrogen-bond acceptors (Lipinski definition) is 3. The Morgan fingerprint density at radius 2 is 2.25 bits per heavy atom. The largest absolute Gasteiger partial charge is 0.466 e. The molecule has 1 unspecified atom stereocenters. The van der Waals surface area contributed by atoms with Crippen LogP contribution < -0.4 is 0 Å². The summed E-state index contributed by atoms with van der Waals surface area (Å²) in [6, 6.07) is 0. The molecular formula is C9H16O3. The average Bonchev–Trinajstić information content (AvgIpc) is 2.01. The first kappa shape index (κ1) is 11.2. The summed E-state index contributed by atoms with van der Waals surface area (Å²) in [6.45, 7) is 4.07. The summed E-state index contributed by atoms with van der Waals surface area (Å²) in [7, 11) is 0. The molecule has 0 amide bonds. The standard InChI is InChI=1S/C9H16O3/c1-3-5-6-8(10)7-9(11)12-4-2/h5-6,8,10H,3-4,7H2,1-2H3/b6-5-. The molecule has 0 aliphatic heterocycles. The Morgan fingerprint density at radius 3 is 2.75 bits per heavy atom. The van der Waals surface area contributed by atoms with Crippen molar-refractivity contribution >= 4 is 5.97 Å². The van der Waals surface area contributed by atoms with Crippen LogP contribution in [-0.4, -0.2) is 23.8 Å². The Labute approximate surface area is 73.0 Å². The maximum atomic E-state index is 10.8. The molecule has 0 saturated carbocycles. The third kappa shape index (κ3) is 5.92. The van der Waals surface area contributed by atoms with E-state index in [2.05, 4.69) is 4.74 Å². The first-order valence-corrected chi connectivity index (χ1v) is 4.21. The third-order valence-electron chi connectivity index (χ3n) is 1.28. The van der Waals surface area contributed by atoms with E-state index in [0.717, 1.165) is 6.42 Å². The second-order valence-corrected chi connectivity index (χ2v) is 2.41. The quantitative estimate of drug-likeness (QED) is 0.501. The van der Waals surface area contributed by atoms with Gasteiger partial charge < -0.3 is 9.84 Å². The van der Waals surface area contributed by atoms with E-state index in [-0.39, 0.29) is 12.4 Å². The molecule has 0 aliphatic rings. The van der Waals surface area contributed by atoms with E-state index in [9.17, 15) is 9.90 Å². The van der Waals surface area contributed by atoms with E-state index in [1.807, 2.05) is 13.0 Å². The van der Waals surface area contributed by atoms with Crippen molar-refractivity contribution in [3.63, 3.8) is 0 Å². The molecule has 0 rings (SSSR count). The normalized spacial score (nSPS) is 13.2. The van der Waals surface area contributed by atoms with Crippen LogP contribution in [0, 0.1) is 0 Å². The number of esters is 1. The number of carbonyl (C=O) groups is 1. The maximum Gasteiger partial charge on any atom is 0.308 e. The molecule has 0 aromatic carbocycles. The minimum Gasteiger partial charge on any atom is -0.466 e. The molecule has 1 atom stereocenters. The number of ether oxygens (including phenoxy) is 1. The van der Waals surface area contributed by atoms with Crippen LogP contribution in [0.3, 0.4) is 0 Å². The molecule has 0 saturated heterocycles. The zero-order valence-corrected chi connectivity index (χ0v) is 7.62. The summed E-state index contributed by atoms with van der Waals surface area (Å²) in [5.41, 5.74) is 0. The van der Waals surface area contributed by atoms with Crippen molar-refractivity contribution < 1.29 is 14.6 Å². The average molecular weight is 172 g/mol. The van der Waals surface area contributed by atoms with E-state index < -0.39 is 6.10 Å². The molecule has 70 valence electrons. The predicted octanol–water partition coefficient (Wildman–Crippen LogP) is 1.27. The van der Waals surface area contributed by atoms with Gasteiger partial charge in [0.1, 0.15) is 0 Å². The van der Waals surface area contributed by atoms with Gasteiger partial charge in [0.15, 0.2) is 0 Å². The first-order valence-electron chi connectivity index (χ1n) is 4.21. The summed E-state index contributed by atoms with van der Waals surface area (Å²) in [5, 5.41) is 9.19. The minimum absolute atomic E-state index is 0.0460. The van der Waals surface area contributed by atoms with Crippen LogP contribution in [-0.2, 0) is 9.53 Å². The zero-order valence-electron chi connectivity index (χ0n) is 7.62. The lowest BCUT2D eigenvalue weighted by Gasteiger charge is -2.04. The van der Waals surface area contributed by atoms with Gasteiger partial charge in [0.05, 0.1) is 19.1 Å². The molecule has 0 bridgehead atoms. The molecule has 0 spiro atoms. The highest BCUT2D eigenvalue weighted by molar-refractivity contribution is 5.70. The minimum atomic E-state index is -0.705. The van der Waals surface area contributed by atoms with Gasteiger partial charge in [-0.3, -0.25) is 4.79 Å². The van der Waals surface area contributed by atoms with E-state index in [1.165, 1.54) is 0 Å². The predicted molar refractivity (Wildman–Crippen MR) is 46.7 cm³/mol. The van der Waals surface area contributed by atoms with Crippen LogP contribution in [0.2, 0.25) is 0 Å². The fourth-order valence-corrected chi connectivity index (χ4v) is 0.752. The van der Waals surface area contributed by atoms with Gasteiger partial charge in [-0.05, 0) is 13.3 Å². The number of carbonyl (C=O) groups excluding carboxylic acids is 1. The molecule has 0 fully saturated rings. The molecule has 3 nitrogen and oxygen atoms in total. The highest BCUT2D eigenvalue weighted by Gasteiger charge is 2.07. The van der Waals surface area contributed by atoms with Crippen molar-refractivity contribution in [1.29, 1.82) is 0 Å². The fourth-order valence-electron chi connectivity index (χ4n) is 0.752. The van der Waals surface area contributed by atoms with Crippen molar-refractivity contribution in [3.05, 3.63) is 12.2 Å². The maximum absolute atomic E-state index is 10.8. The number of aliphatic hydroxyl groups excluding tert-OH is 1. The Morgan fingerprint density at radius 1 is 1.58 bits per heavy atom. The van der Waals surface area contributed by atoms with E-state index >= 15 is 0 Å². The van der Waals surface area contributed by atoms with Gasteiger partial charge in [-0.15, -0.1) is 0 Å². The van der Waals surface area contributed by atoms with Gasteiger partial charge in [0.25, 0.3) is 0 Å². The molecule has 1 N–H and O–H groups in total.